The first kappa shape index (κ1) is 21.6. The summed E-state index contributed by atoms with van der Waals surface area (Å²) in [5.41, 5.74) is 1.27. The molecule has 0 spiro atoms. The normalized spacial score (nSPS) is 18.5. The minimum absolute atomic E-state index is 0.0793. The van der Waals surface area contributed by atoms with Gasteiger partial charge in [-0.3, -0.25) is 9.59 Å². The third-order valence-electron chi connectivity index (χ3n) is 4.95. The van der Waals surface area contributed by atoms with E-state index < -0.39 is 17.7 Å². The lowest BCUT2D eigenvalue weighted by Gasteiger charge is -2.28. The number of likely N-dealkylation sites (tertiary alicyclic amines) is 1. The molecule has 3 rings (SSSR count). The van der Waals surface area contributed by atoms with Gasteiger partial charge in [-0.15, -0.1) is 0 Å². The molecular formula is C24H28N2O4. The fraction of sp³-hybridized carbons (Fsp3) is 0.333. The minimum atomic E-state index is -0.722. The number of aliphatic hydroxyl groups is 1. The Morgan fingerprint density at radius 1 is 1.07 bits per heavy atom. The first-order valence-corrected chi connectivity index (χ1v) is 10.1. The smallest absolute Gasteiger partial charge is 0.295 e. The van der Waals surface area contributed by atoms with E-state index in [0.29, 0.717) is 30.0 Å². The van der Waals surface area contributed by atoms with E-state index in [9.17, 15) is 14.7 Å². The predicted molar refractivity (Wildman–Crippen MR) is 116 cm³/mol. The molecule has 1 N–H and O–H groups in total. The summed E-state index contributed by atoms with van der Waals surface area (Å²) in [4.78, 5) is 29.5. The molecule has 2 aromatic carbocycles. The monoisotopic (exact) mass is 408 g/mol. The second kappa shape index (κ2) is 9.13. The summed E-state index contributed by atoms with van der Waals surface area (Å²) in [6, 6.07) is 15.5. The van der Waals surface area contributed by atoms with Crippen LogP contribution in [-0.4, -0.2) is 59.9 Å². The molecule has 0 saturated carbocycles. The molecule has 0 aromatic heterocycles. The van der Waals surface area contributed by atoms with Crippen LogP contribution in [0.2, 0.25) is 0 Å². The highest BCUT2D eigenvalue weighted by atomic mass is 16.5. The van der Waals surface area contributed by atoms with E-state index in [2.05, 4.69) is 0 Å². The predicted octanol–water partition coefficient (Wildman–Crippen LogP) is 3.46. The average Bonchev–Trinajstić information content (AvgIpc) is 2.97. The van der Waals surface area contributed by atoms with Gasteiger partial charge in [-0.1, -0.05) is 48.5 Å². The Morgan fingerprint density at radius 2 is 1.70 bits per heavy atom. The molecule has 1 atom stereocenters. The highest BCUT2D eigenvalue weighted by molar-refractivity contribution is 6.46. The first-order valence-electron chi connectivity index (χ1n) is 10.1. The van der Waals surface area contributed by atoms with Crippen molar-refractivity contribution in [3.8, 4) is 5.75 Å². The molecule has 0 bridgehead atoms. The number of likely N-dealkylation sites (N-methyl/N-ethyl adjacent to an activating group) is 1. The molecule has 158 valence electrons. The lowest BCUT2D eigenvalue weighted by Crippen LogP contribution is -2.35. The van der Waals surface area contributed by atoms with Crippen LogP contribution in [0.4, 0.5) is 0 Å². The standard InChI is InChI=1S/C24H28N2O4/c1-16(2)30-19-13-9-8-12-18(19)21-20(22(27)17-10-6-5-7-11-17)23(28)24(29)26(21)15-14-25(3)4/h5-13,16,21,27H,14-15H2,1-4H3/b22-20-. The molecule has 1 amide bonds. The number of amides is 1. The van der Waals surface area contributed by atoms with Gasteiger partial charge in [-0.25, -0.2) is 0 Å². The highest BCUT2D eigenvalue weighted by Crippen LogP contribution is 2.42. The molecule has 1 saturated heterocycles. The Hall–Kier alpha value is -3.12. The van der Waals surface area contributed by atoms with Gasteiger partial charge in [-0.05, 0) is 34.0 Å². The Kier molecular flexibility index (Phi) is 6.57. The molecule has 1 unspecified atom stereocenters. The van der Waals surface area contributed by atoms with E-state index in [1.54, 1.807) is 24.3 Å². The Labute approximate surface area is 177 Å². The van der Waals surface area contributed by atoms with Gasteiger partial charge >= 0.3 is 0 Å². The van der Waals surface area contributed by atoms with Crippen LogP contribution < -0.4 is 4.74 Å². The van der Waals surface area contributed by atoms with Crippen molar-refractivity contribution in [3.63, 3.8) is 0 Å². The van der Waals surface area contributed by atoms with Crippen molar-refractivity contribution in [3.05, 3.63) is 71.3 Å². The average molecular weight is 408 g/mol. The summed E-state index contributed by atoms with van der Waals surface area (Å²) in [6.45, 7) is 4.78. The van der Waals surface area contributed by atoms with Gasteiger partial charge < -0.3 is 19.6 Å². The number of ether oxygens (including phenoxy) is 1. The van der Waals surface area contributed by atoms with Crippen molar-refractivity contribution in [2.24, 2.45) is 0 Å². The SMILES string of the molecule is CC(C)Oc1ccccc1C1/C(=C(/O)c2ccccc2)C(=O)C(=O)N1CCN(C)C. The van der Waals surface area contributed by atoms with Crippen LogP contribution >= 0.6 is 0 Å². The Morgan fingerprint density at radius 3 is 2.33 bits per heavy atom. The maximum atomic E-state index is 13.0. The van der Waals surface area contributed by atoms with Crippen LogP contribution in [0.25, 0.3) is 5.76 Å². The molecule has 6 heteroatoms. The molecule has 1 fully saturated rings. The van der Waals surface area contributed by atoms with Crippen molar-refractivity contribution in [1.29, 1.82) is 0 Å². The fourth-order valence-corrected chi connectivity index (χ4v) is 3.56. The zero-order chi connectivity index (χ0) is 21.8. The molecule has 0 aliphatic carbocycles. The van der Waals surface area contributed by atoms with E-state index >= 15 is 0 Å². The number of aliphatic hydroxyl groups excluding tert-OH is 1. The Bertz CT molecular complexity index is 951. The van der Waals surface area contributed by atoms with Crippen molar-refractivity contribution in [2.45, 2.75) is 26.0 Å². The number of hydrogen-bond donors (Lipinski definition) is 1. The number of nitrogens with zero attached hydrogens (tertiary/aromatic N) is 2. The van der Waals surface area contributed by atoms with E-state index in [1.807, 2.05) is 63.2 Å². The number of Topliss-reactive ketones (excluding diaryl/α,β-unsaturated/α-hetero) is 1. The van der Waals surface area contributed by atoms with Crippen LogP contribution in [0.1, 0.15) is 31.0 Å². The summed E-state index contributed by atoms with van der Waals surface area (Å²) in [5.74, 6) is -0.878. The van der Waals surface area contributed by atoms with E-state index in [0.717, 1.165) is 0 Å². The molecule has 30 heavy (non-hydrogen) atoms. The third kappa shape index (κ3) is 4.39. The lowest BCUT2D eigenvalue weighted by atomic mass is 9.94. The summed E-state index contributed by atoms with van der Waals surface area (Å²) in [5, 5.41) is 11.0. The number of carbonyl (C=O) groups is 2. The number of para-hydroxylation sites is 1. The lowest BCUT2D eigenvalue weighted by molar-refractivity contribution is -0.140. The third-order valence-corrected chi connectivity index (χ3v) is 4.95. The number of rotatable bonds is 7. The molecule has 1 aliphatic rings. The second-order valence-corrected chi connectivity index (χ2v) is 7.87. The number of hydrogen-bond acceptors (Lipinski definition) is 5. The molecule has 1 aliphatic heterocycles. The number of benzene rings is 2. The quantitative estimate of drug-likeness (QED) is 0.432. The minimum Gasteiger partial charge on any atom is -0.507 e. The van der Waals surface area contributed by atoms with Crippen LogP contribution in [0, 0.1) is 0 Å². The maximum absolute atomic E-state index is 13.0. The van der Waals surface area contributed by atoms with Crippen molar-refractivity contribution in [1.82, 2.24) is 9.80 Å². The van der Waals surface area contributed by atoms with E-state index in [1.165, 1.54) is 4.90 Å². The van der Waals surface area contributed by atoms with Crippen molar-refractivity contribution >= 4 is 17.4 Å². The molecule has 6 nitrogen and oxygen atoms in total. The van der Waals surface area contributed by atoms with Gasteiger partial charge in [0.15, 0.2) is 0 Å². The van der Waals surface area contributed by atoms with Crippen LogP contribution in [-0.2, 0) is 9.59 Å². The summed E-state index contributed by atoms with van der Waals surface area (Å²) in [7, 11) is 3.82. The van der Waals surface area contributed by atoms with Gasteiger partial charge in [0.1, 0.15) is 11.5 Å². The largest absolute Gasteiger partial charge is 0.507 e. The summed E-state index contributed by atoms with van der Waals surface area (Å²) >= 11 is 0. The molecule has 0 radical (unpaired) electrons. The van der Waals surface area contributed by atoms with Crippen LogP contribution in [0.5, 0.6) is 5.75 Å². The summed E-state index contributed by atoms with van der Waals surface area (Å²) in [6.07, 6.45) is -0.0793. The number of ketones is 1. The molecule has 2 aromatic rings. The molecular weight excluding hydrogens is 380 g/mol. The van der Waals surface area contributed by atoms with Crippen LogP contribution in [0.15, 0.2) is 60.2 Å². The van der Waals surface area contributed by atoms with E-state index in [-0.39, 0.29) is 17.4 Å². The van der Waals surface area contributed by atoms with Gasteiger partial charge in [0.25, 0.3) is 11.7 Å². The van der Waals surface area contributed by atoms with Gasteiger partial charge in [-0.2, -0.15) is 0 Å². The van der Waals surface area contributed by atoms with Crippen LogP contribution in [0.3, 0.4) is 0 Å². The summed E-state index contributed by atoms with van der Waals surface area (Å²) < 4.78 is 5.97. The Balaban J connectivity index is 2.18. The topological polar surface area (TPSA) is 70.1 Å². The second-order valence-electron chi connectivity index (χ2n) is 7.87. The highest BCUT2D eigenvalue weighted by Gasteiger charge is 2.46. The van der Waals surface area contributed by atoms with Gasteiger partial charge in [0.2, 0.25) is 0 Å². The zero-order valence-electron chi connectivity index (χ0n) is 17.8. The maximum Gasteiger partial charge on any atom is 0.295 e. The van der Waals surface area contributed by atoms with Crippen molar-refractivity contribution < 1.29 is 19.4 Å². The zero-order valence-corrected chi connectivity index (χ0v) is 17.8. The molecule has 1 heterocycles. The fourth-order valence-electron chi connectivity index (χ4n) is 3.56. The van der Waals surface area contributed by atoms with E-state index in [4.69, 9.17) is 4.74 Å². The van der Waals surface area contributed by atoms with Gasteiger partial charge in [0, 0.05) is 24.2 Å². The first-order chi connectivity index (χ1) is 14.3. The van der Waals surface area contributed by atoms with Gasteiger partial charge in [0.05, 0.1) is 17.7 Å². The number of carbonyl (C=O) groups excluding carboxylic acids is 2. The van der Waals surface area contributed by atoms with Crippen molar-refractivity contribution in [2.75, 3.05) is 27.2 Å².